The van der Waals surface area contributed by atoms with E-state index >= 15 is 0 Å². The highest BCUT2D eigenvalue weighted by atomic mass is 32.2. The first-order chi connectivity index (χ1) is 16.8. The summed E-state index contributed by atoms with van der Waals surface area (Å²) >= 11 is 0. The second kappa shape index (κ2) is 13.1. The predicted octanol–water partition coefficient (Wildman–Crippen LogP) is 1.91. The molecule has 0 amide bonds. The van der Waals surface area contributed by atoms with Crippen LogP contribution in [0.25, 0.3) is 0 Å². The molecular formula is C24H34FN3O6S. The van der Waals surface area contributed by atoms with Crippen molar-refractivity contribution >= 4 is 15.7 Å². The fourth-order valence-electron chi connectivity index (χ4n) is 3.72. The van der Waals surface area contributed by atoms with Crippen LogP contribution in [-0.2, 0) is 32.6 Å². The van der Waals surface area contributed by atoms with Crippen molar-refractivity contribution in [3.63, 3.8) is 0 Å². The molecule has 0 bridgehead atoms. The van der Waals surface area contributed by atoms with Gasteiger partial charge in [0.2, 0.25) is 10.0 Å². The number of rotatable bonds is 13. The summed E-state index contributed by atoms with van der Waals surface area (Å²) in [6.45, 7) is 4.46. The van der Waals surface area contributed by atoms with Gasteiger partial charge in [-0.1, -0.05) is 6.07 Å². The molecule has 1 heterocycles. The van der Waals surface area contributed by atoms with E-state index < -0.39 is 15.8 Å². The number of likely N-dealkylation sites (N-methyl/N-ethyl adjacent to an activating group) is 1. The van der Waals surface area contributed by atoms with Crippen molar-refractivity contribution in [2.45, 2.75) is 18.0 Å². The SMILES string of the molecule is COc1ccc(CNc2ccc(S(=O)(=O)N(C)CCOCCO)cc2F)cc1CN1CCOCC1. The Labute approximate surface area is 206 Å². The highest BCUT2D eigenvalue weighted by molar-refractivity contribution is 7.89. The number of aliphatic hydroxyl groups is 1. The summed E-state index contributed by atoms with van der Waals surface area (Å²) in [5, 5.41) is 11.8. The second-order valence-electron chi connectivity index (χ2n) is 8.19. The summed E-state index contributed by atoms with van der Waals surface area (Å²) in [6, 6.07) is 9.67. The maximum atomic E-state index is 14.8. The molecule has 194 valence electrons. The van der Waals surface area contributed by atoms with Gasteiger partial charge in [-0.15, -0.1) is 0 Å². The van der Waals surface area contributed by atoms with E-state index in [0.29, 0.717) is 19.8 Å². The highest BCUT2D eigenvalue weighted by Gasteiger charge is 2.22. The number of aliphatic hydroxyl groups excluding tert-OH is 1. The fraction of sp³-hybridized carbons (Fsp3) is 0.500. The van der Waals surface area contributed by atoms with E-state index in [1.54, 1.807) is 7.11 Å². The van der Waals surface area contributed by atoms with Gasteiger partial charge in [0.25, 0.3) is 0 Å². The van der Waals surface area contributed by atoms with Crippen molar-refractivity contribution in [2.24, 2.45) is 0 Å². The highest BCUT2D eigenvalue weighted by Crippen LogP contribution is 2.25. The minimum atomic E-state index is -3.86. The molecule has 11 heteroatoms. The summed E-state index contributed by atoms with van der Waals surface area (Å²) in [6.07, 6.45) is 0. The van der Waals surface area contributed by atoms with E-state index in [9.17, 15) is 12.8 Å². The van der Waals surface area contributed by atoms with Crippen LogP contribution < -0.4 is 10.1 Å². The number of anilines is 1. The first-order valence-corrected chi connectivity index (χ1v) is 12.9. The summed E-state index contributed by atoms with van der Waals surface area (Å²) in [4.78, 5) is 2.16. The van der Waals surface area contributed by atoms with E-state index in [1.807, 2.05) is 18.2 Å². The average molecular weight is 512 g/mol. The van der Waals surface area contributed by atoms with Gasteiger partial charge in [-0.05, 0) is 35.9 Å². The summed E-state index contributed by atoms with van der Waals surface area (Å²) in [5.41, 5.74) is 2.21. The number of sulfonamides is 1. The van der Waals surface area contributed by atoms with Gasteiger partial charge in [0.1, 0.15) is 11.6 Å². The topological polar surface area (TPSA) is 101 Å². The van der Waals surface area contributed by atoms with Crippen molar-refractivity contribution in [3.05, 3.63) is 53.3 Å². The second-order valence-corrected chi connectivity index (χ2v) is 10.2. The quantitative estimate of drug-likeness (QED) is 0.394. The number of ether oxygens (including phenoxy) is 3. The Morgan fingerprint density at radius 2 is 1.94 bits per heavy atom. The van der Waals surface area contributed by atoms with Crippen LogP contribution in [0.4, 0.5) is 10.1 Å². The first kappa shape index (κ1) is 27.3. The lowest BCUT2D eigenvalue weighted by Crippen LogP contribution is -2.35. The van der Waals surface area contributed by atoms with Gasteiger partial charge in [-0.25, -0.2) is 12.8 Å². The minimum Gasteiger partial charge on any atom is -0.496 e. The van der Waals surface area contributed by atoms with Crippen molar-refractivity contribution in [1.82, 2.24) is 9.21 Å². The Balaban J connectivity index is 1.64. The third kappa shape index (κ3) is 7.60. The van der Waals surface area contributed by atoms with Gasteiger partial charge < -0.3 is 24.6 Å². The molecular weight excluding hydrogens is 477 g/mol. The van der Waals surface area contributed by atoms with E-state index in [0.717, 1.165) is 46.9 Å². The lowest BCUT2D eigenvalue weighted by Gasteiger charge is -2.27. The molecule has 0 radical (unpaired) electrons. The summed E-state index contributed by atoms with van der Waals surface area (Å²) in [7, 11) is -0.822. The molecule has 9 nitrogen and oxygen atoms in total. The fourth-order valence-corrected chi connectivity index (χ4v) is 4.89. The Morgan fingerprint density at radius 1 is 1.17 bits per heavy atom. The zero-order valence-electron chi connectivity index (χ0n) is 20.2. The molecule has 0 unspecified atom stereocenters. The maximum Gasteiger partial charge on any atom is 0.243 e. The van der Waals surface area contributed by atoms with Crippen molar-refractivity contribution in [1.29, 1.82) is 0 Å². The molecule has 35 heavy (non-hydrogen) atoms. The zero-order valence-corrected chi connectivity index (χ0v) is 21.0. The van der Waals surface area contributed by atoms with Crippen LogP contribution in [0.1, 0.15) is 11.1 Å². The van der Waals surface area contributed by atoms with Crippen molar-refractivity contribution < 1.29 is 32.1 Å². The maximum absolute atomic E-state index is 14.8. The van der Waals surface area contributed by atoms with E-state index in [2.05, 4.69) is 10.2 Å². The normalized spacial score (nSPS) is 14.9. The van der Waals surface area contributed by atoms with Crippen molar-refractivity contribution in [3.8, 4) is 5.75 Å². The predicted molar refractivity (Wildman–Crippen MR) is 131 cm³/mol. The lowest BCUT2D eigenvalue weighted by molar-refractivity contribution is 0.0339. The number of nitrogens with one attached hydrogen (secondary N) is 1. The first-order valence-electron chi connectivity index (χ1n) is 11.5. The molecule has 1 fully saturated rings. The van der Waals surface area contributed by atoms with Crippen LogP contribution in [-0.4, -0.2) is 89.6 Å². The van der Waals surface area contributed by atoms with Crippen LogP contribution in [0.5, 0.6) is 5.75 Å². The number of methoxy groups -OCH3 is 1. The molecule has 0 atom stereocenters. The monoisotopic (exact) mass is 511 g/mol. The standard InChI is InChI=1S/C24H34FN3O6S/c1-27(7-11-34-14-10-29)35(30,31)21-4-5-23(22(25)16-21)26-17-19-3-6-24(32-2)20(15-19)18-28-8-12-33-13-9-28/h3-6,15-16,26,29H,7-14,17-18H2,1-2H3. The van der Waals surface area contributed by atoms with Crippen LogP contribution in [0.3, 0.4) is 0 Å². The van der Waals surface area contributed by atoms with Gasteiger partial charge in [0.05, 0.1) is 50.7 Å². The van der Waals surface area contributed by atoms with E-state index in [4.69, 9.17) is 19.3 Å². The molecule has 2 aromatic rings. The molecule has 2 aromatic carbocycles. The Morgan fingerprint density at radius 3 is 2.63 bits per heavy atom. The number of morpholine rings is 1. The Hall–Kier alpha value is -2.28. The number of hydrogen-bond donors (Lipinski definition) is 2. The van der Waals surface area contributed by atoms with E-state index in [-0.39, 0.29) is 36.9 Å². The largest absolute Gasteiger partial charge is 0.496 e. The van der Waals surface area contributed by atoms with Gasteiger partial charge in [0.15, 0.2) is 0 Å². The van der Waals surface area contributed by atoms with Crippen molar-refractivity contribution in [2.75, 3.05) is 72.1 Å². The minimum absolute atomic E-state index is 0.0915. The Kier molecular flexibility index (Phi) is 10.3. The van der Waals surface area contributed by atoms with Gasteiger partial charge in [0, 0.05) is 45.3 Å². The Bertz CT molecular complexity index is 1060. The molecule has 0 aromatic heterocycles. The summed E-state index contributed by atoms with van der Waals surface area (Å²) in [5.74, 6) is 0.143. The molecule has 2 N–H and O–H groups in total. The number of halogens is 1. The van der Waals surface area contributed by atoms with Crippen LogP contribution >= 0.6 is 0 Å². The smallest absolute Gasteiger partial charge is 0.243 e. The van der Waals surface area contributed by atoms with Gasteiger partial charge in [-0.3, -0.25) is 4.90 Å². The van der Waals surface area contributed by atoms with E-state index in [1.165, 1.54) is 19.2 Å². The molecule has 0 aliphatic carbocycles. The third-order valence-electron chi connectivity index (χ3n) is 5.76. The summed E-state index contributed by atoms with van der Waals surface area (Å²) < 4.78 is 57.3. The zero-order chi connectivity index (χ0) is 25.3. The molecule has 0 spiro atoms. The molecule has 1 aliphatic heterocycles. The molecule has 1 aliphatic rings. The number of benzene rings is 2. The molecule has 0 saturated carbocycles. The number of nitrogens with zero attached hydrogens (tertiary/aromatic N) is 2. The third-order valence-corrected chi connectivity index (χ3v) is 7.61. The average Bonchev–Trinajstić information content (AvgIpc) is 2.86. The van der Waals surface area contributed by atoms with Crippen LogP contribution in [0.15, 0.2) is 41.3 Å². The van der Waals surface area contributed by atoms with Gasteiger partial charge >= 0.3 is 0 Å². The van der Waals surface area contributed by atoms with Crippen LogP contribution in [0.2, 0.25) is 0 Å². The molecule has 1 saturated heterocycles. The number of hydrogen-bond acceptors (Lipinski definition) is 8. The lowest BCUT2D eigenvalue weighted by atomic mass is 10.1. The van der Waals surface area contributed by atoms with Gasteiger partial charge in [-0.2, -0.15) is 4.31 Å². The molecule has 3 rings (SSSR count). The van der Waals surface area contributed by atoms with Crippen LogP contribution in [0, 0.1) is 5.82 Å².